The van der Waals surface area contributed by atoms with Crippen LogP contribution in [0.1, 0.15) is 10.4 Å². The van der Waals surface area contributed by atoms with Gasteiger partial charge in [-0.25, -0.2) is 0 Å². The third-order valence-electron chi connectivity index (χ3n) is 3.32. The second-order valence-electron chi connectivity index (χ2n) is 4.86. The Hall–Kier alpha value is -1.50. The maximum Gasteiger partial charge on any atom is 0.193 e. The maximum atomic E-state index is 12.7. The summed E-state index contributed by atoms with van der Waals surface area (Å²) in [5.41, 5.74) is 0.443. The summed E-state index contributed by atoms with van der Waals surface area (Å²) in [6, 6.07) is 12.8. The first-order chi connectivity index (χ1) is 11.7. The van der Waals surface area contributed by atoms with Crippen molar-refractivity contribution in [3.8, 4) is 17.2 Å². The predicted octanol–water partition coefficient (Wildman–Crippen LogP) is 2.49. The van der Waals surface area contributed by atoms with Gasteiger partial charge in [0.2, 0.25) is 0 Å². The summed E-state index contributed by atoms with van der Waals surface area (Å²) >= 11 is 0. The Balaban J connectivity index is 0.00000312. The van der Waals surface area contributed by atoms with Crippen LogP contribution >= 0.6 is 8.58 Å². The fourth-order valence-corrected chi connectivity index (χ4v) is 3.11. The minimum absolute atomic E-state index is 0. The van der Waals surface area contributed by atoms with Crippen LogP contribution in [0, 0.1) is 0 Å². The van der Waals surface area contributed by atoms with Crippen molar-refractivity contribution in [1.82, 2.24) is 0 Å². The molecule has 0 aliphatic heterocycles. The van der Waals surface area contributed by atoms with Crippen molar-refractivity contribution in [3.05, 3.63) is 48.0 Å². The molecule has 0 fully saturated rings. The molecule has 2 aromatic rings. The van der Waals surface area contributed by atoms with Gasteiger partial charge >= 0.3 is 0 Å². The number of benzene rings is 2. The van der Waals surface area contributed by atoms with E-state index in [1.807, 2.05) is 24.3 Å². The largest absolute Gasteiger partial charge is 0.496 e. The van der Waals surface area contributed by atoms with Gasteiger partial charge in [-0.3, -0.25) is 4.79 Å². The van der Waals surface area contributed by atoms with E-state index in [0.29, 0.717) is 30.3 Å². The molecule has 0 amide bonds. The molecule has 0 bridgehead atoms. The van der Waals surface area contributed by atoms with Crippen molar-refractivity contribution >= 4 is 38.3 Å². The molecule has 1 unspecified atom stereocenters. The van der Waals surface area contributed by atoms with Gasteiger partial charge in [-0.15, -0.1) is 0 Å². The van der Waals surface area contributed by atoms with Crippen LogP contribution in [0.15, 0.2) is 42.5 Å². The van der Waals surface area contributed by atoms with Gasteiger partial charge in [0.15, 0.2) is 5.52 Å². The number of hydrogen-bond acceptors (Lipinski definition) is 5. The molecule has 0 saturated carbocycles. The van der Waals surface area contributed by atoms with Crippen molar-refractivity contribution in [2.45, 2.75) is 0 Å². The first kappa shape index (κ1) is 21.5. The van der Waals surface area contributed by atoms with Crippen molar-refractivity contribution in [1.29, 1.82) is 0 Å². The molecule has 25 heavy (non-hydrogen) atoms. The van der Waals surface area contributed by atoms with Gasteiger partial charge in [-0.05, 0) is 38.2 Å². The zero-order valence-corrected chi connectivity index (χ0v) is 16.0. The van der Waals surface area contributed by atoms with E-state index in [-0.39, 0.29) is 33.0 Å². The van der Waals surface area contributed by atoms with Crippen molar-refractivity contribution < 1.29 is 23.7 Å². The van der Waals surface area contributed by atoms with E-state index >= 15 is 0 Å². The molecular formula is C18H21LiO5P. The summed E-state index contributed by atoms with van der Waals surface area (Å²) in [4.78, 5) is 12.7. The summed E-state index contributed by atoms with van der Waals surface area (Å²) in [6.45, 7) is 1.03. The van der Waals surface area contributed by atoms with Crippen LogP contribution in [-0.2, 0) is 4.74 Å². The third kappa shape index (κ3) is 6.06. The quantitative estimate of drug-likeness (QED) is 0.393. The van der Waals surface area contributed by atoms with Crippen LogP contribution in [0.4, 0.5) is 0 Å². The molecule has 7 heteroatoms. The molecule has 0 N–H and O–H groups in total. The number of methoxy groups -OCH3 is 3. The Morgan fingerprint density at radius 1 is 0.920 bits per heavy atom. The van der Waals surface area contributed by atoms with Gasteiger partial charge in [-0.1, -0.05) is 18.2 Å². The normalized spacial score (nSPS) is 10.4. The van der Waals surface area contributed by atoms with Crippen LogP contribution in [0.5, 0.6) is 17.2 Å². The Bertz CT molecular complexity index is 653. The summed E-state index contributed by atoms with van der Waals surface area (Å²) < 4.78 is 21.0. The standard InChI is InChI=1S/C18H21O5P.Li/c1-20-11-12-23-13-7-9-14(10-8-13)24-18(19)17-15(21-2)5-4-6-16(17)22-3;/h4-10,24H,11-12H2,1-3H3;. The smallest absolute Gasteiger partial charge is 0.193 e. The molecule has 5 nitrogen and oxygen atoms in total. The van der Waals surface area contributed by atoms with E-state index in [0.717, 1.165) is 11.1 Å². The van der Waals surface area contributed by atoms with Crippen LogP contribution in [0.3, 0.4) is 0 Å². The average Bonchev–Trinajstić information content (AvgIpc) is 2.62. The third-order valence-corrected chi connectivity index (χ3v) is 4.42. The van der Waals surface area contributed by atoms with Gasteiger partial charge in [0, 0.05) is 26.0 Å². The number of rotatable bonds is 9. The summed E-state index contributed by atoms with van der Waals surface area (Å²) in [5, 5.41) is 0.923. The molecule has 0 aliphatic rings. The van der Waals surface area contributed by atoms with Crippen molar-refractivity contribution in [3.63, 3.8) is 0 Å². The molecule has 2 rings (SSSR count). The molecule has 1 atom stereocenters. The fraction of sp³-hybridized carbons (Fsp3) is 0.278. The number of hydrogen-bond donors (Lipinski definition) is 0. The zero-order valence-electron chi connectivity index (χ0n) is 15.0. The second kappa shape index (κ2) is 11.2. The molecule has 0 spiro atoms. The molecule has 2 aromatic carbocycles. The topological polar surface area (TPSA) is 54.0 Å². The molecule has 0 saturated heterocycles. The first-order valence-electron chi connectivity index (χ1n) is 7.43. The van der Waals surface area contributed by atoms with Crippen LogP contribution in [0.25, 0.3) is 0 Å². The summed E-state index contributed by atoms with van der Waals surface area (Å²) in [6.07, 6.45) is 0. The predicted molar refractivity (Wildman–Crippen MR) is 101 cm³/mol. The minimum atomic E-state index is -0.0302. The van der Waals surface area contributed by atoms with E-state index in [1.165, 1.54) is 0 Å². The van der Waals surface area contributed by atoms with E-state index < -0.39 is 0 Å². The first-order valence-corrected chi connectivity index (χ1v) is 8.43. The van der Waals surface area contributed by atoms with Gasteiger partial charge in [0.05, 0.1) is 20.8 Å². The maximum absolute atomic E-state index is 12.7. The van der Waals surface area contributed by atoms with Crippen LogP contribution in [-0.4, -0.2) is 58.9 Å². The Kier molecular flexibility index (Phi) is 9.63. The monoisotopic (exact) mass is 355 g/mol. The SMILES string of the molecule is COCCOc1ccc(PC(=O)c2c(OC)cccc2OC)cc1.[Li]. The molecular weight excluding hydrogens is 334 g/mol. The molecule has 0 heterocycles. The summed E-state index contributed by atoms with van der Waals surface area (Å²) in [7, 11) is 4.69. The van der Waals surface area contributed by atoms with E-state index in [1.54, 1.807) is 39.5 Å². The van der Waals surface area contributed by atoms with E-state index in [9.17, 15) is 4.79 Å². The molecule has 0 aromatic heterocycles. The van der Waals surface area contributed by atoms with Gasteiger partial charge < -0.3 is 18.9 Å². The fourth-order valence-electron chi connectivity index (χ4n) is 2.15. The average molecular weight is 355 g/mol. The van der Waals surface area contributed by atoms with Crippen molar-refractivity contribution in [2.24, 2.45) is 0 Å². The Morgan fingerprint density at radius 3 is 2.04 bits per heavy atom. The van der Waals surface area contributed by atoms with Crippen LogP contribution in [0.2, 0.25) is 0 Å². The molecule has 129 valence electrons. The van der Waals surface area contributed by atoms with Crippen LogP contribution < -0.4 is 19.5 Å². The second-order valence-corrected chi connectivity index (χ2v) is 6.14. The number of carbonyl (C=O) groups excluding carboxylic acids is 1. The number of carbonyl (C=O) groups is 1. The Morgan fingerprint density at radius 2 is 1.52 bits per heavy atom. The summed E-state index contributed by atoms with van der Waals surface area (Å²) in [5.74, 6) is 1.79. The van der Waals surface area contributed by atoms with Gasteiger partial charge in [0.25, 0.3) is 0 Å². The molecule has 0 aliphatic carbocycles. The minimum Gasteiger partial charge on any atom is -0.496 e. The zero-order chi connectivity index (χ0) is 17.4. The van der Waals surface area contributed by atoms with Crippen molar-refractivity contribution in [2.75, 3.05) is 34.5 Å². The Labute approximate surface area is 162 Å². The van der Waals surface area contributed by atoms with Gasteiger partial charge in [0.1, 0.15) is 29.4 Å². The van der Waals surface area contributed by atoms with E-state index in [2.05, 4.69) is 0 Å². The van der Waals surface area contributed by atoms with E-state index in [4.69, 9.17) is 18.9 Å². The molecule has 1 radical (unpaired) electrons. The number of ether oxygens (including phenoxy) is 4. The van der Waals surface area contributed by atoms with Gasteiger partial charge in [-0.2, -0.15) is 0 Å².